The molecule has 1 aromatic rings. The van der Waals surface area contributed by atoms with Crippen molar-refractivity contribution in [3.8, 4) is 5.75 Å². The number of rotatable bonds is 2. The maximum Gasteiger partial charge on any atom is 0.134 e. The first-order valence-electron chi connectivity index (χ1n) is 5.44. The Hall–Kier alpha value is -0.730. The van der Waals surface area contributed by atoms with E-state index in [1.54, 1.807) is 12.1 Å². The van der Waals surface area contributed by atoms with Crippen molar-refractivity contribution in [1.82, 2.24) is 5.32 Å². The highest BCUT2D eigenvalue weighted by Crippen LogP contribution is 2.26. The number of hydrogen-bond acceptors (Lipinski definition) is 2. The lowest BCUT2D eigenvalue weighted by molar-refractivity contribution is 0.372. The molecule has 0 aliphatic carbocycles. The van der Waals surface area contributed by atoms with Gasteiger partial charge < -0.3 is 10.4 Å². The van der Waals surface area contributed by atoms with Crippen molar-refractivity contribution in [2.45, 2.75) is 19.3 Å². The molecule has 0 bridgehead atoms. The summed E-state index contributed by atoms with van der Waals surface area (Å²) < 4.78 is 0. The van der Waals surface area contributed by atoms with Crippen molar-refractivity contribution in [2.75, 3.05) is 13.1 Å². The fraction of sp³-hybridized carbons (Fsp3) is 0.500. The van der Waals surface area contributed by atoms with Crippen molar-refractivity contribution in [3.63, 3.8) is 0 Å². The topological polar surface area (TPSA) is 32.3 Å². The molecule has 1 heterocycles. The smallest absolute Gasteiger partial charge is 0.134 e. The van der Waals surface area contributed by atoms with E-state index in [-0.39, 0.29) is 5.75 Å². The summed E-state index contributed by atoms with van der Waals surface area (Å²) in [6, 6.07) is 5.56. The Balaban J connectivity index is 2.00. The second-order valence-electron chi connectivity index (χ2n) is 4.18. The molecule has 0 radical (unpaired) electrons. The first-order chi connectivity index (χ1) is 7.25. The van der Waals surface area contributed by atoms with Gasteiger partial charge in [0.2, 0.25) is 0 Å². The summed E-state index contributed by atoms with van der Waals surface area (Å²) in [6.07, 6.45) is 3.50. The number of halogens is 1. The molecule has 15 heavy (non-hydrogen) atoms. The standard InChI is InChI=1S/C12H16ClNO/c13-11-2-1-10(8-12(11)15)7-9-3-5-14-6-4-9/h1-2,8-9,14-15H,3-7H2. The lowest BCUT2D eigenvalue weighted by Crippen LogP contribution is -2.28. The molecule has 82 valence electrons. The predicted octanol–water partition coefficient (Wildman–Crippen LogP) is 2.59. The van der Waals surface area contributed by atoms with Crippen LogP contribution in [0.4, 0.5) is 0 Å². The van der Waals surface area contributed by atoms with Crippen LogP contribution in [-0.4, -0.2) is 18.2 Å². The molecule has 0 spiro atoms. The molecule has 0 aromatic heterocycles. The van der Waals surface area contributed by atoms with Gasteiger partial charge in [-0.1, -0.05) is 17.7 Å². The summed E-state index contributed by atoms with van der Waals surface area (Å²) in [6.45, 7) is 2.23. The molecule has 1 aliphatic heterocycles. The zero-order chi connectivity index (χ0) is 10.7. The van der Waals surface area contributed by atoms with Gasteiger partial charge in [0.15, 0.2) is 0 Å². The van der Waals surface area contributed by atoms with Crippen molar-refractivity contribution in [2.24, 2.45) is 5.92 Å². The lowest BCUT2D eigenvalue weighted by atomic mass is 9.91. The van der Waals surface area contributed by atoms with E-state index in [4.69, 9.17) is 11.6 Å². The number of benzene rings is 1. The van der Waals surface area contributed by atoms with Gasteiger partial charge >= 0.3 is 0 Å². The van der Waals surface area contributed by atoms with E-state index in [9.17, 15) is 5.11 Å². The Labute approximate surface area is 95.3 Å². The molecule has 2 rings (SSSR count). The highest BCUT2D eigenvalue weighted by atomic mass is 35.5. The molecule has 1 aliphatic rings. The first kappa shape index (κ1) is 10.8. The Morgan fingerprint density at radius 1 is 1.33 bits per heavy atom. The molecular weight excluding hydrogens is 210 g/mol. The number of aromatic hydroxyl groups is 1. The molecule has 1 aromatic carbocycles. The van der Waals surface area contributed by atoms with Crippen LogP contribution in [0.15, 0.2) is 18.2 Å². The van der Waals surface area contributed by atoms with Crippen LogP contribution in [0.2, 0.25) is 5.02 Å². The molecular formula is C12H16ClNO. The molecule has 2 N–H and O–H groups in total. The van der Waals surface area contributed by atoms with E-state index < -0.39 is 0 Å². The summed E-state index contributed by atoms with van der Waals surface area (Å²) in [7, 11) is 0. The quantitative estimate of drug-likeness (QED) is 0.811. The van der Waals surface area contributed by atoms with Gasteiger partial charge in [-0.15, -0.1) is 0 Å². The summed E-state index contributed by atoms with van der Waals surface area (Å²) in [5, 5.41) is 13.3. The van der Waals surface area contributed by atoms with Crippen molar-refractivity contribution in [3.05, 3.63) is 28.8 Å². The predicted molar refractivity (Wildman–Crippen MR) is 62.4 cm³/mol. The number of piperidine rings is 1. The van der Waals surface area contributed by atoms with Gasteiger partial charge in [-0.25, -0.2) is 0 Å². The second kappa shape index (κ2) is 4.86. The third kappa shape index (κ3) is 2.86. The zero-order valence-corrected chi connectivity index (χ0v) is 9.43. The van der Waals surface area contributed by atoms with Gasteiger partial charge in [-0.05, 0) is 56.0 Å². The van der Waals surface area contributed by atoms with E-state index in [0.29, 0.717) is 5.02 Å². The molecule has 3 heteroatoms. The Kier molecular flexibility index (Phi) is 3.49. The fourth-order valence-corrected chi connectivity index (χ4v) is 2.22. The average molecular weight is 226 g/mol. The normalized spacial score (nSPS) is 17.9. The van der Waals surface area contributed by atoms with Gasteiger partial charge in [0.25, 0.3) is 0 Å². The van der Waals surface area contributed by atoms with E-state index in [2.05, 4.69) is 5.32 Å². The van der Waals surface area contributed by atoms with Crippen LogP contribution in [0.5, 0.6) is 5.75 Å². The molecule has 0 saturated carbocycles. The summed E-state index contributed by atoms with van der Waals surface area (Å²) in [5.74, 6) is 0.940. The van der Waals surface area contributed by atoms with Gasteiger partial charge in [-0.3, -0.25) is 0 Å². The number of phenolic OH excluding ortho intramolecular Hbond substituents is 1. The SMILES string of the molecule is Oc1cc(CC2CCNCC2)ccc1Cl. The minimum atomic E-state index is 0.197. The van der Waals surface area contributed by atoms with Crippen LogP contribution in [0.3, 0.4) is 0 Å². The van der Waals surface area contributed by atoms with Crippen molar-refractivity contribution in [1.29, 1.82) is 0 Å². The minimum absolute atomic E-state index is 0.197. The summed E-state index contributed by atoms with van der Waals surface area (Å²) >= 11 is 5.76. The van der Waals surface area contributed by atoms with Crippen molar-refractivity contribution >= 4 is 11.6 Å². The average Bonchev–Trinajstić information content (AvgIpc) is 2.25. The molecule has 0 atom stereocenters. The van der Waals surface area contributed by atoms with Crippen LogP contribution in [0.1, 0.15) is 18.4 Å². The summed E-state index contributed by atoms with van der Waals surface area (Å²) in [5.41, 5.74) is 1.18. The van der Waals surface area contributed by atoms with Gasteiger partial charge in [0.05, 0.1) is 5.02 Å². The van der Waals surface area contributed by atoms with Crippen molar-refractivity contribution < 1.29 is 5.11 Å². The first-order valence-corrected chi connectivity index (χ1v) is 5.81. The minimum Gasteiger partial charge on any atom is -0.506 e. The Morgan fingerprint density at radius 3 is 2.73 bits per heavy atom. The third-order valence-corrected chi connectivity index (χ3v) is 3.31. The fourth-order valence-electron chi connectivity index (χ4n) is 2.10. The summed E-state index contributed by atoms with van der Waals surface area (Å²) in [4.78, 5) is 0. The van der Waals surface area contributed by atoms with Crippen LogP contribution in [0, 0.1) is 5.92 Å². The molecule has 1 fully saturated rings. The highest BCUT2D eigenvalue weighted by molar-refractivity contribution is 6.31. The van der Waals surface area contributed by atoms with Crippen LogP contribution in [-0.2, 0) is 6.42 Å². The molecule has 1 saturated heterocycles. The third-order valence-electron chi connectivity index (χ3n) is 2.99. The maximum atomic E-state index is 9.49. The van der Waals surface area contributed by atoms with Crippen LogP contribution < -0.4 is 5.32 Å². The van der Waals surface area contributed by atoms with E-state index >= 15 is 0 Å². The highest BCUT2D eigenvalue weighted by Gasteiger charge is 2.13. The van der Waals surface area contributed by atoms with E-state index in [1.807, 2.05) is 6.07 Å². The monoisotopic (exact) mass is 225 g/mol. The lowest BCUT2D eigenvalue weighted by Gasteiger charge is -2.22. The van der Waals surface area contributed by atoms with E-state index in [1.165, 1.54) is 18.4 Å². The molecule has 2 nitrogen and oxygen atoms in total. The van der Waals surface area contributed by atoms with Crippen LogP contribution >= 0.6 is 11.6 Å². The van der Waals surface area contributed by atoms with Gasteiger partial charge in [-0.2, -0.15) is 0 Å². The Morgan fingerprint density at radius 2 is 2.07 bits per heavy atom. The second-order valence-corrected chi connectivity index (χ2v) is 4.59. The maximum absolute atomic E-state index is 9.49. The number of nitrogens with one attached hydrogen (secondary N) is 1. The van der Waals surface area contributed by atoms with Gasteiger partial charge in [0.1, 0.15) is 5.75 Å². The van der Waals surface area contributed by atoms with Crippen LogP contribution in [0.25, 0.3) is 0 Å². The number of phenols is 1. The van der Waals surface area contributed by atoms with E-state index in [0.717, 1.165) is 25.4 Å². The molecule has 0 amide bonds. The van der Waals surface area contributed by atoms with Gasteiger partial charge in [0, 0.05) is 0 Å². The zero-order valence-electron chi connectivity index (χ0n) is 8.67. The Bertz CT molecular complexity index is 334. The number of hydrogen-bond donors (Lipinski definition) is 2. The largest absolute Gasteiger partial charge is 0.506 e. The molecule has 0 unspecified atom stereocenters.